The van der Waals surface area contributed by atoms with Crippen LogP contribution in [0.25, 0.3) is 0 Å². The zero-order valence-corrected chi connectivity index (χ0v) is 17.6. The maximum absolute atomic E-state index is 13.3. The highest BCUT2D eigenvalue weighted by molar-refractivity contribution is 5.89. The summed E-state index contributed by atoms with van der Waals surface area (Å²) in [6.45, 7) is 3.80. The average Bonchev–Trinajstić information content (AvgIpc) is 2.80. The predicted octanol–water partition coefficient (Wildman–Crippen LogP) is 3.03. The van der Waals surface area contributed by atoms with Crippen LogP contribution in [0.1, 0.15) is 47.3 Å². The Morgan fingerprint density at radius 2 is 1.73 bits per heavy atom. The van der Waals surface area contributed by atoms with Crippen LogP contribution in [0.3, 0.4) is 0 Å². The van der Waals surface area contributed by atoms with Crippen molar-refractivity contribution in [1.29, 1.82) is 0 Å². The Labute approximate surface area is 178 Å². The number of carbonyl (C=O) groups excluding carboxylic acids is 2. The molecule has 6 nitrogen and oxygen atoms in total. The zero-order chi connectivity index (χ0) is 21.4. The lowest BCUT2D eigenvalue weighted by atomic mass is 9.88. The minimum absolute atomic E-state index is 0.0107. The molecule has 1 amide bonds. The first-order valence-corrected chi connectivity index (χ1v) is 10.4. The van der Waals surface area contributed by atoms with Gasteiger partial charge in [-0.3, -0.25) is 4.79 Å². The maximum atomic E-state index is 13.3. The highest BCUT2D eigenvalue weighted by Crippen LogP contribution is 2.23. The topological polar surface area (TPSA) is 76.7 Å². The monoisotopic (exact) mass is 410 g/mol. The first kappa shape index (κ1) is 22.0. The molecular formula is C24H30N2O4. The smallest absolute Gasteiger partial charge is 0.337 e. The van der Waals surface area contributed by atoms with Crippen molar-refractivity contribution in [3.8, 4) is 0 Å². The van der Waals surface area contributed by atoms with Crippen LogP contribution in [0.5, 0.6) is 0 Å². The van der Waals surface area contributed by atoms with Crippen LogP contribution >= 0.6 is 0 Å². The number of benzene rings is 2. The van der Waals surface area contributed by atoms with Gasteiger partial charge in [-0.15, -0.1) is 0 Å². The standard InChI is InChI=1S/C24H30N2O4/c1-18(20-8-10-21(11-9-20)22(27)29-2)26-23(28)24(13-16-30-17-14-24)25-15-12-19-6-4-3-5-7-19/h3-11,18,25H,12-17H2,1-2H3,(H,26,28)/t18-/m0/s1. The maximum Gasteiger partial charge on any atom is 0.337 e. The molecule has 1 saturated heterocycles. The van der Waals surface area contributed by atoms with Gasteiger partial charge in [0.1, 0.15) is 5.54 Å². The molecule has 3 rings (SSSR count). The third kappa shape index (κ3) is 5.46. The van der Waals surface area contributed by atoms with Gasteiger partial charge in [-0.1, -0.05) is 42.5 Å². The molecule has 1 aliphatic heterocycles. The number of nitrogens with one attached hydrogen (secondary N) is 2. The summed E-state index contributed by atoms with van der Waals surface area (Å²) in [5.74, 6) is -0.384. The van der Waals surface area contributed by atoms with Gasteiger partial charge in [0.05, 0.1) is 18.7 Å². The molecule has 0 radical (unpaired) electrons. The van der Waals surface area contributed by atoms with Gasteiger partial charge in [-0.2, -0.15) is 0 Å². The fourth-order valence-corrected chi connectivity index (χ4v) is 3.74. The van der Waals surface area contributed by atoms with Crippen LogP contribution in [-0.2, 0) is 20.7 Å². The van der Waals surface area contributed by atoms with E-state index in [0.29, 0.717) is 31.6 Å². The largest absolute Gasteiger partial charge is 0.465 e. The average molecular weight is 411 g/mol. The molecule has 1 atom stereocenters. The molecule has 0 unspecified atom stereocenters. The van der Waals surface area contributed by atoms with Gasteiger partial charge >= 0.3 is 5.97 Å². The lowest BCUT2D eigenvalue weighted by Gasteiger charge is -2.37. The molecule has 2 aromatic rings. The van der Waals surface area contributed by atoms with E-state index in [0.717, 1.165) is 18.5 Å². The van der Waals surface area contributed by atoms with Crippen LogP contribution < -0.4 is 10.6 Å². The summed E-state index contributed by atoms with van der Waals surface area (Å²) in [6.07, 6.45) is 2.14. The number of carbonyl (C=O) groups is 2. The second-order valence-corrected chi connectivity index (χ2v) is 7.67. The lowest BCUT2D eigenvalue weighted by molar-refractivity contribution is -0.132. The number of hydrogen-bond acceptors (Lipinski definition) is 5. The van der Waals surface area contributed by atoms with E-state index in [2.05, 4.69) is 22.8 Å². The summed E-state index contributed by atoms with van der Waals surface area (Å²) in [5.41, 5.74) is 2.03. The van der Waals surface area contributed by atoms with E-state index in [1.165, 1.54) is 12.7 Å². The molecule has 1 heterocycles. The van der Waals surface area contributed by atoms with E-state index in [4.69, 9.17) is 9.47 Å². The van der Waals surface area contributed by atoms with Gasteiger partial charge in [-0.25, -0.2) is 4.79 Å². The van der Waals surface area contributed by atoms with Gasteiger partial charge < -0.3 is 20.1 Å². The number of rotatable bonds is 8. The molecule has 1 aliphatic rings. The van der Waals surface area contributed by atoms with Crippen molar-refractivity contribution in [1.82, 2.24) is 10.6 Å². The number of ether oxygens (including phenoxy) is 2. The van der Waals surface area contributed by atoms with Crippen LogP contribution in [0.15, 0.2) is 54.6 Å². The highest BCUT2D eigenvalue weighted by Gasteiger charge is 2.40. The molecule has 2 N–H and O–H groups in total. The van der Waals surface area contributed by atoms with Gasteiger partial charge in [-0.05, 0) is 49.4 Å². The predicted molar refractivity (Wildman–Crippen MR) is 115 cm³/mol. The molecule has 1 fully saturated rings. The third-order valence-electron chi connectivity index (χ3n) is 5.68. The number of hydrogen-bond donors (Lipinski definition) is 2. The normalized spacial score (nSPS) is 16.5. The molecule has 0 aliphatic carbocycles. The van der Waals surface area contributed by atoms with Crippen LogP contribution in [-0.4, -0.2) is 44.3 Å². The van der Waals surface area contributed by atoms with Gasteiger partial charge in [0.15, 0.2) is 0 Å². The molecular weight excluding hydrogens is 380 g/mol. The first-order chi connectivity index (χ1) is 14.5. The van der Waals surface area contributed by atoms with Crippen LogP contribution in [0.4, 0.5) is 0 Å². The lowest BCUT2D eigenvalue weighted by Crippen LogP contribution is -2.60. The highest BCUT2D eigenvalue weighted by atomic mass is 16.5. The molecule has 2 aromatic carbocycles. The van der Waals surface area contributed by atoms with Crippen molar-refractivity contribution in [3.63, 3.8) is 0 Å². The Morgan fingerprint density at radius 3 is 2.37 bits per heavy atom. The van der Waals surface area contributed by atoms with Gasteiger partial charge in [0, 0.05) is 19.8 Å². The van der Waals surface area contributed by atoms with E-state index >= 15 is 0 Å². The number of esters is 1. The third-order valence-corrected chi connectivity index (χ3v) is 5.68. The quantitative estimate of drug-likeness (QED) is 0.654. The second kappa shape index (κ2) is 10.4. The second-order valence-electron chi connectivity index (χ2n) is 7.67. The molecule has 0 aromatic heterocycles. The van der Waals surface area contributed by atoms with Crippen LogP contribution in [0, 0.1) is 0 Å². The molecule has 6 heteroatoms. The van der Waals surface area contributed by atoms with Crippen molar-refractivity contribution in [2.75, 3.05) is 26.9 Å². The van der Waals surface area contributed by atoms with E-state index in [1.54, 1.807) is 12.1 Å². The van der Waals surface area contributed by atoms with E-state index < -0.39 is 5.54 Å². The Hall–Kier alpha value is -2.70. The Kier molecular flexibility index (Phi) is 7.60. The Balaban J connectivity index is 1.63. The van der Waals surface area contributed by atoms with E-state index in [-0.39, 0.29) is 17.9 Å². The molecule has 0 saturated carbocycles. The van der Waals surface area contributed by atoms with Crippen molar-refractivity contribution < 1.29 is 19.1 Å². The Bertz CT molecular complexity index is 830. The molecule has 0 spiro atoms. The minimum atomic E-state index is -0.632. The number of methoxy groups -OCH3 is 1. The summed E-state index contributed by atoms with van der Waals surface area (Å²) in [5, 5.41) is 6.66. The van der Waals surface area contributed by atoms with Crippen molar-refractivity contribution in [2.45, 2.75) is 37.8 Å². The van der Waals surface area contributed by atoms with Crippen molar-refractivity contribution in [2.24, 2.45) is 0 Å². The molecule has 30 heavy (non-hydrogen) atoms. The summed E-state index contributed by atoms with van der Waals surface area (Å²) < 4.78 is 10.2. The zero-order valence-electron chi connectivity index (χ0n) is 17.6. The van der Waals surface area contributed by atoms with E-state index in [1.807, 2.05) is 37.3 Å². The Morgan fingerprint density at radius 1 is 1.07 bits per heavy atom. The van der Waals surface area contributed by atoms with Crippen molar-refractivity contribution >= 4 is 11.9 Å². The SMILES string of the molecule is COC(=O)c1ccc([C@H](C)NC(=O)C2(NCCc3ccccc3)CCOCC2)cc1. The van der Waals surface area contributed by atoms with Gasteiger partial charge in [0.25, 0.3) is 0 Å². The van der Waals surface area contributed by atoms with Gasteiger partial charge in [0.2, 0.25) is 5.91 Å². The summed E-state index contributed by atoms with van der Waals surface area (Å²) in [4.78, 5) is 24.9. The van der Waals surface area contributed by atoms with E-state index in [9.17, 15) is 9.59 Å². The molecule has 160 valence electrons. The summed E-state index contributed by atoms with van der Waals surface area (Å²) in [6, 6.07) is 17.2. The fraction of sp³-hybridized carbons (Fsp3) is 0.417. The van der Waals surface area contributed by atoms with Crippen molar-refractivity contribution in [3.05, 3.63) is 71.3 Å². The fourth-order valence-electron chi connectivity index (χ4n) is 3.74. The number of amides is 1. The van der Waals surface area contributed by atoms with Crippen LogP contribution in [0.2, 0.25) is 0 Å². The summed E-state index contributed by atoms with van der Waals surface area (Å²) in [7, 11) is 1.36. The minimum Gasteiger partial charge on any atom is -0.465 e. The summed E-state index contributed by atoms with van der Waals surface area (Å²) >= 11 is 0. The first-order valence-electron chi connectivity index (χ1n) is 10.4. The molecule has 0 bridgehead atoms.